The molecule has 1 N–H and O–H groups in total. The highest BCUT2D eigenvalue weighted by Gasteiger charge is 2.23. The first-order valence-corrected chi connectivity index (χ1v) is 20.5. The molecule has 2 aliphatic rings. The minimum absolute atomic E-state index is 0.142. The molecule has 1 amide bonds. The first kappa shape index (κ1) is 42.1. The van der Waals surface area contributed by atoms with Gasteiger partial charge in [-0.15, -0.1) is 0 Å². The Morgan fingerprint density at radius 1 is 0.576 bits per heavy atom. The SMILES string of the molecule is CCC(=O)N1CCc2cc(-c3ccc(C(=O)CCc4cccnc4)cc3)ccc21.CCC(=O)O.O=C(CCc1cccnc1)c1ccc(-c2ccc3c(c2)CCC3)cc1. The van der Waals surface area contributed by atoms with E-state index in [0.717, 1.165) is 58.5 Å². The van der Waals surface area contributed by atoms with Crippen molar-refractivity contribution in [1.82, 2.24) is 9.97 Å². The summed E-state index contributed by atoms with van der Waals surface area (Å²) in [4.78, 5) is 56.4. The van der Waals surface area contributed by atoms with Crippen molar-refractivity contribution in [2.24, 2.45) is 0 Å². The van der Waals surface area contributed by atoms with E-state index >= 15 is 0 Å². The minimum atomic E-state index is -0.745. The summed E-state index contributed by atoms with van der Waals surface area (Å²) >= 11 is 0. The first-order valence-electron chi connectivity index (χ1n) is 20.5. The largest absolute Gasteiger partial charge is 0.481 e. The molecule has 0 unspecified atom stereocenters. The van der Waals surface area contributed by atoms with Gasteiger partial charge in [0, 0.05) is 73.8 Å². The number of aryl methyl sites for hydroxylation is 4. The molecule has 0 saturated heterocycles. The monoisotopic (exact) mass is 785 g/mol. The molecule has 4 aromatic carbocycles. The third kappa shape index (κ3) is 11.5. The van der Waals surface area contributed by atoms with Crippen LogP contribution in [0.4, 0.5) is 5.69 Å². The number of hydrogen-bond donors (Lipinski definition) is 1. The topological polar surface area (TPSA) is 118 Å². The maximum Gasteiger partial charge on any atom is 0.303 e. The van der Waals surface area contributed by atoms with Gasteiger partial charge in [0.2, 0.25) is 5.91 Å². The number of fused-ring (bicyclic) bond motifs is 2. The van der Waals surface area contributed by atoms with Crippen LogP contribution in [0.25, 0.3) is 22.3 Å². The Morgan fingerprint density at radius 3 is 1.56 bits per heavy atom. The van der Waals surface area contributed by atoms with Gasteiger partial charge in [-0.25, -0.2) is 0 Å². The summed E-state index contributed by atoms with van der Waals surface area (Å²) in [5, 5.41) is 7.72. The molecular weight excluding hydrogens is 735 g/mol. The number of amides is 1. The Morgan fingerprint density at radius 2 is 1.07 bits per heavy atom. The summed E-state index contributed by atoms with van der Waals surface area (Å²) < 4.78 is 0. The molecule has 0 fully saturated rings. The third-order valence-electron chi connectivity index (χ3n) is 10.8. The molecule has 0 atom stereocenters. The summed E-state index contributed by atoms with van der Waals surface area (Å²) in [6.07, 6.45) is 14.9. The number of hydrogen-bond acceptors (Lipinski definition) is 6. The zero-order valence-electron chi connectivity index (χ0n) is 33.9. The lowest BCUT2D eigenvalue weighted by molar-refractivity contribution is -0.136. The molecule has 59 heavy (non-hydrogen) atoms. The lowest BCUT2D eigenvalue weighted by atomic mass is 9.98. The zero-order chi connectivity index (χ0) is 41.6. The van der Waals surface area contributed by atoms with E-state index in [1.54, 1.807) is 25.5 Å². The molecule has 0 saturated carbocycles. The summed E-state index contributed by atoms with van der Waals surface area (Å²) in [5.41, 5.74) is 13.5. The van der Waals surface area contributed by atoms with E-state index in [0.29, 0.717) is 25.7 Å². The van der Waals surface area contributed by atoms with Gasteiger partial charge in [-0.05, 0) is 113 Å². The summed E-state index contributed by atoms with van der Waals surface area (Å²) in [6, 6.07) is 36.7. The minimum Gasteiger partial charge on any atom is -0.481 e. The number of anilines is 1. The smallest absolute Gasteiger partial charge is 0.303 e. The number of aromatic nitrogens is 2. The predicted molar refractivity (Wildman–Crippen MR) is 234 cm³/mol. The Labute approximate surface area is 347 Å². The van der Waals surface area contributed by atoms with Crippen LogP contribution in [0.5, 0.6) is 0 Å². The molecule has 1 aliphatic heterocycles. The third-order valence-corrected chi connectivity index (χ3v) is 10.8. The Bertz CT molecular complexity index is 2360. The molecule has 6 aromatic rings. The fourth-order valence-corrected chi connectivity index (χ4v) is 7.38. The van der Waals surface area contributed by atoms with Gasteiger partial charge >= 0.3 is 5.97 Å². The van der Waals surface area contributed by atoms with E-state index in [9.17, 15) is 19.2 Å². The van der Waals surface area contributed by atoms with Crippen LogP contribution in [0.2, 0.25) is 0 Å². The fourth-order valence-electron chi connectivity index (χ4n) is 7.38. The van der Waals surface area contributed by atoms with Crippen LogP contribution < -0.4 is 4.90 Å². The number of aliphatic carboxylic acids is 1. The van der Waals surface area contributed by atoms with E-state index in [4.69, 9.17) is 5.11 Å². The molecule has 1 aliphatic carbocycles. The highest BCUT2D eigenvalue weighted by Crippen LogP contribution is 2.33. The molecule has 0 spiro atoms. The number of ketones is 2. The molecule has 2 aromatic heterocycles. The maximum atomic E-state index is 12.5. The predicted octanol–water partition coefficient (Wildman–Crippen LogP) is 10.4. The van der Waals surface area contributed by atoms with Crippen LogP contribution in [-0.4, -0.2) is 45.1 Å². The van der Waals surface area contributed by atoms with Crippen LogP contribution >= 0.6 is 0 Å². The van der Waals surface area contributed by atoms with Crippen molar-refractivity contribution in [1.29, 1.82) is 0 Å². The van der Waals surface area contributed by atoms with Gasteiger partial charge in [-0.3, -0.25) is 29.1 Å². The molecule has 0 bridgehead atoms. The van der Waals surface area contributed by atoms with Gasteiger partial charge in [0.15, 0.2) is 11.6 Å². The molecule has 8 nitrogen and oxygen atoms in total. The quantitative estimate of drug-likeness (QED) is 0.123. The highest BCUT2D eigenvalue weighted by molar-refractivity contribution is 5.98. The van der Waals surface area contributed by atoms with Gasteiger partial charge in [-0.1, -0.05) is 98.8 Å². The molecular formula is C51H51N3O5. The summed E-state index contributed by atoms with van der Waals surface area (Å²) in [5.74, 6) is -0.247. The van der Waals surface area contributed by atoms with Crippen LogP contribution in [0.1, 0.15) is 94.5 Å². The summed E-state index contributed by atoms with van der Waals surface area (Å²) in [6.45, 7) is 4.26. The second kappa shape index (κ2) is 20.8. The van der Waals surface area contributed by atoms with Crippen molar-refractivity contribution in [3.05, 3.63) is 173 Å². The van der Waals surface area contributed by atoms with Crippen LogP contribution in [0.3, 0.4) is 0 Å². The van der Waals surface area contributed by atoms with E-state index in [2.05, 4.69) is 52.4 Å². The van der Waals surface area contributed by atoms with E-state index in [-0.39, 0.29) is 23.9 Å². The Kier molecular flexibility index (Phi) is 14.8. The first-order chi connectivity index (χ1) is 28.7. The zero-order valence-corrected chi connectivity index (χ0v) is 33.9. The van der Waals surface area contributed by atoms with Gasteiger partial charge in [0.1, 0.15) is 0 Å². The highest BCUT2D eigenvalue weighted by atomic mass is 16.4. The van der Waals surface area contributed by atoms with E-state index < -0.39 is 5.97 Å². The standard InChI is InChI=1S/C25H24N2O2.C23H21NO.C3H6O2/c1-2-25(29)27-15-13-22-16-21(10-11-23(22)27)19-6-8-20(9-7-19)24(28)12-5-18-4-3-14-26-17-18;25-23(13-6-17-3-2-14-24-16-17)20-10-7-19(8-11-20)22-12-9-18-4-1-5-21(18)15-22;1-2-3(4)5/h3-4,6-11,14,16-17H,2,5,12-13,15H2,1H3;2-3,7-12,14-16H,1,4-6,13H2;2H2,1H3,(H,4,5). The normalized spacial score (nSPS) is 12.3. The Hall–Kier alpha value is -6.54. The van der Waals surface area contributed by atoms with Gasteiger partial charge < -0.3 is 10.0 Å². The average Bonchev–Trinajstić information content (AvgIpc) is 3.95. The van der Waals surface area contributed by atoms with Crippen molar-refractivity contribution in [3.8, 4) is 22.3 Å². The van der Waals surface area contributed by atoms with Crippen LogP contribution in [-0.2, 0) is 41.7 Å². The number of carbonyl (C=O) groups excluding carboxylic acids is 3. The van der Waals surface area contributed by atoms with Gasteiger partial charge in [-0.2, -0.15) is 0 Å². The number of Topliss-reactive ketones (excluding diaryl/α,β-unsaturated/α-hetero) is 2. The number of benzene rings is 4. The average molecular weight is 786 g/mol. The van der Waals surface area contributed by atoms with Crippen molar-refractivity contribution >= 4 is 29.1 Å². The number of carboxylic acids is 1. The molecule has 0 radical (unpaired) electrons. The summed E-state index contributed by atoms with van der Waals surface area (Å²) in [7, 11) is 0. The fraction of sp³-hybridized carbons (Fsp3) is 0.255. The van der Waals surface area contributed by atoms with Crippen LogP contribution in [0, 0.1) is 0 Å². The van der Waals surface area contributed by atoms with Gasteiger partial charge in [0.05, 0.1) is 0 Å². The maximum absolute atomic E-state index is 12.5. The van der Waals surface area contributed by atoms with Crippen LogP contribution in [0.15, 0.2) is 134 Å². The second-order valence-electron chi connectivity index (χ2n) is 14.8. The molecule has 8 rings (SSSR count). The van der Waals surface area contributed by atoms with E-state index in [1.165, 1.54) is 47.1 Å². The van der Waals surface area contributed by atoms with Crippen molar-refractivity contribution in [2.75, 3.05) is 11.4 Å². The molecule has 300 valence electrons. The van der Waals surface area contributed by atoms with Gasteiger partial charge in [0.25, 0.3) is 0 Å². The number of pyridine rings is 2. The lowest BCUT2D eigenvalue weighted by Crippen LogP contribution is -2.27. The van der Waals surface area contributed by atoms with Crippen molar-refractivity contribution < 1.29 is 24.3 Å². The number of nitrogens with zero attached hydrogens (tertiary/aromatic N) is 3. The second-order valence-corrected chi connectivity index (χ2v) is 14.8. The number of carboxylic acid groups (broad SMARTS) is 1. The Balaban J connectivity index is 0.000000180. The molecule has 3 heterocycles. The molecule has 8 heteroatoms. The lowest BCUT2D eigenvalue weighted by Gasteiger charge is -2.16. The number of rotatable bonds is 12. The number of carbonyl (C=O) groups is 4. The van der Waals surface area contributed by atoms with E-state index in [1.807, 2.05) is 84.8 Å². The van der Waals surface area contributed by atoms with Crippen molar-refractivity contribution in [3.63, 3.8) is 0 Å². The van der Waals surface area contributed by atoms with Crippen molar-refractivity contribution in [2.45, 2.75) is 78.1 Å².